The number of hydrogen-bond acceptors (Lipinski definition) is 5. The van der Waals surface area contributed by atoms with Crippen LogP contribution in [0.15, 0.2) is 47.5 Å². The number of benzene rings is 1. The van der Waals surface area contributed by atoms with Crippen LogP contribution in [0.2, 0.25) is 0 Å². The molecular formula is C15H12FN3OS. The van der Waals surface area contributed by atoms with E-state index in [0.29, 0.717) is 17.1 Å². The molecule has 0 saturated carbocycles. The Hall–Kier alpha value is -2.57. The van der Waals surface area contributed by atoms with Crippen LogP contribution in [0.3, 0.4) is 0 Å². The molecule has 0 saturated heterocycles. The molecule has 0 radical (unpaired) electrons. The van der Waals surface area contributed by atoms with Crippen molar-refractivity contribution in [3.8, 4) is 12.1 Å². The van der Waals surface area contributed by atoms with Gasteiger partial charge >= 0.3 is 0 Å². The van der Waals surface area contributed by atoms with Gasteiger partial charge in [-0.2, -0.15) is 10.5 Å². The van der Waals surface area contributed by atoms with Crippen molar-refractivity contribution in [2.24, 2.45) is 0 Å². The predicted molar refractivity (Wildman–Crippen MR) is 79.6 cm³/mol. The van der Waals surface area contributed by atoms with Gasteiger partial charge in [0.05, 0.1) is 10.8 Å². The number of carbonyl (C=O) groups excluding carboxylic acids is 1. The van der Waals surface area contributed by atoms with Crippen molar-refractivity contribution < 1.29 is 9.18 Å². The van der Waals surface area contributed by atoms with E-state index in [1.54, 1.807) is 18.2 Å². The number of allylic oxidation sites excluding steroid dienone is 1. The Bertz CT molecular complexity index is 622. The first-order valence-electron chi connectivity index (χ1n) is 5.93. The molecule has 0 atom stereocenters. The van der Waals surface area contributed by atoms with Crippen molar-refractivity contribution >= 4 is 17.5 Å². The quantitative estimate of drug-likeness (QED) is 0.476. The molecular weight excluding hydrogens is 289 g/mol. The van der Waals surface area contributed by atoms with E-state index in [0.717, 1.165) is 11.8 Å². The summed E-state index contributed by atoms with van der Waals surface area (Å²) in [5.41, 5.74) is 0.288. The number of halogens is 1. The Balaban J connectivity index is 2.78. The van der Waals surface area contributed by atoms with Gasteiger partial charge in [-0.3, -0.25) is 4.79 Å². The van der Waals surface area contributed by atoms with Gasteiger partial charge in [-0.05, 0) is 24.3 Å². The normalized spacial score (nSPS) is 9.10. The molecule has 0 aliphatic carbocycles. The molecule has 0 aliphatic rings. The van der Waals surface area contributed by atoms with Gasteiger partial charge in [0.15, 0.2) is 11.4 Å². The highest BCUT2D eigenvalue weighted by Gasteiger charge is 2.11. The van der Waals surface area contributed by atoms with E-state index in [9.17, 15) is 9.18 Å². The van der Waals surface area contributed by atoms with Gasteiger partial charge < -0.3 is 5.32 Å². The molecule has 1 rings (SSSR count). The molecule has 0 aliphatic heterocycles. The van der Waals surface area contributed by atoms with Gasteiger partial charge in [0.2, 0.25) is 0 Å². The average Bonchev–Trinajstić information content (AvgIpc) is 2.50. The number of Topliss-reactive ketones (excluding diaryl/α,β-unsaturated/α-hetero) is 1. The van der Waals surface area contributed by atoms with Gasteiger partial charge in [-0.15, -0.1) is 6.58 Å². The minimum atomic E-state index is -0.413. The standard InChI is InChI=1S/C15H12FN3OS/c1-2-7-19-15(12(8-17)9-18)21-10-14(20)11-3-5-13(16)6-4-11/h2-6,19H,1,7,10H2. The largest absolute Gasteiger partial charge is 0.375 e. The van der Waals surface area contributed by atoms with Gasteiger partial charge in [-0.1, -0.05) is 17.8 Å². The first-order chi connectivity index (χ1) is 10.1. The van der Waals surface area contributed by atoms with Gasteiger partial charge in [0.25, 0.3) is 0 Å². The molecule has 0 spiro atoms. The zero-order valence-electron chi connectivity index (χ0n) is 11.1. The lowest BCUT2D eigenvalue weighted by Crippen LogP contribution is -2.14. The van der Waals surface area contributed by atoms with Gasteiger partial charge in [-0.25, -0.2) is 4.39 Å². The highest BCUT2D eigenvalue weighted by molar-refractivity contribution is 8.03. The summed E-state index contributed by atoms with van der Waals surface area (Å²) >= 11 is 1.06. The highest BCUT2D eigenvalue weighted by atomic mass is 32.2. The maximum absolute atomic E-state index is 12.8. The molecule has 106 valence electrons. The number of thioether (sulfide) groups is 1. The summed E-state index contributed by atoms with van der Waals surface area (Å²) in [6.07, 6.45) is 1.58. The second kappa shape index (κ2) is 8.57. The Morgan fingerprint density at radius 3 is 2.48 bits per heavy atom. The molecule has 0 aromatic heterocycles. The Morgan fingerprint density at radius 2 is 1.95 bits per heavy atom. The first kappa shape index (κ1) is 16.5. The number of carbonyl (C=O) groups is 1. The molecule has 0 fully saturated rings. The Kier molecular flexibility index (Phi) is 6.73. The summed E-state index contributed by atoms with van der Waals surface area (Å²) in [6, 6.07) is 8.76. The summed E-state index contributed by atoms with van der Waals surface area (Å²) in [5.74, 6) is -0.588. The fraction of sp³-hybridized carbons (Fsp3) is 0.133. The van der Waals surface area contributed by atoms with Crippen molar-refractivity contribution in [2.45, 2.75) is 0 Å². The van der Waals surface area contributed by atoms with Crippen LogP contribution in [0.1, 0.15) is 10.4 Å². The summed E-state index contributed by atoms with van der Waals surface area (Å²) in [7, 11) is 0. The first-order valence-corrected chi connectivity index (χ1v) is 6.91. The number of hydrogen-bond donors (Lipinski definition) is 1. The Labute approximate surface area is 126 Å². The zero-order valence-corrected chi connectivity index (χ0v) is 11.9. The second-order valence-corrected chi connectivity index (χ2v) is 4.80. The molecule has 0 bridgehead atoms. The number of nitriles is 2. The lowest BCUT2D eigenvalue weighted by molar-refractivity contribution is 0.102. The van der Waals surface area contributed by atoms with Crippen molar-refractivity contribution in [3.63, 3.8) is 0 Å². The molecule has 0 heterocycles. The van der Waals surface area contributed by atoms with E-state index in [4.69, 9.17) is 10.5 Å². The number of rotatable bonds is 7. The third kappa shape index (κ3) is 5.13. The minimum Gasteiger partial charge on any atom is -0.375 e. The highest BCUT2D eigenvalue weighted by Crippen LogP contribution is 2.18. The molecule has 4 nitrogen and oxygen atoms in total. The topological polar surface area (TPSA) is 76.7 Å². The van der Waals surface area contributed by atoms with Crippen LogP contribution < -0.4 is 5.32 Å². The smallest absolute Gasteiger partial charge is 0.173 e. The van der Waals surface area contributed by atoms with Crippen molar-refractivity contribution in [2.75, 3.05) is 12.3 Å². The van der Waals surface area contributed by atoms with Crippen LogP contribution in [-0.4, -0.2) is 18.1 Å². The molecule has 6 heteroatoms. The minimum absolute atomic E-state index is 0.0397. The maximum atomic E-state index is 12.8. The molecule has 1 N–H and O–H groups in total. The van der Waals surface area contributed by atoms with Gasteiger partial charge in [0.1, 0.15) is 18.0 Å². The van der Waals surface area contributed by atoms with E-state index < -0.39 is 5.82 Å². The second-order valence-electron chi connectivity index (χ2n) is 3.82. The van der Waals surface area contributed by atoms with Crippen LogP contribution in [-0.2, 0) is 0 Å². The van der Waals surface area contributed by atoms with Gasteiger partial charge in [0, 0.05) is 12.1 Å². The lowest BCUT2D eigenvalue weighted by Gasteiger charge is -2.08. The molecule has 1 aromatic carbocycles. The maximum Gasteiger partial charge on any atom is 0.173 e. The third-order valence-electron chi connectivity index (χ3n) is 2.37. The van der Waals surface area contributed by atoms with E-state index in [2.05, 4.69) is 11.9 Å². The number of nitrogens with one attached hydrogen (secondary N) is 1. The Morgan fingerprint density at radius 1 is 1.33 bits per heavy atom. The molecule has 0 amide bonds. The van der Waals surface area contributed by atoms with Crippen molar-refractivity contribution in [1.29, 1.82) is 10.5 Å². The van der Waals surface area contributed by atoms with Crippen LogP contribution in [0.4, 0.5) is 4.39 Å². The number of ketones is 1. The van der Waals surface area contributed by atoms with Crippen LogP contribution in [0.5, 0.6) is 0 Å². The summed E-state index contributed by atoms with van der Waals surface area (Å²) in [6.45, 7) is 3.91. The SMILES string of the molecule is C=CCNC(SCC(=O)c1ccc(F)cc1)=C(C#N)C#N. The fourth-order valence-electron chi connectivity index (χ4n) is 1.36. The fourth-order valence-corrected chi connectivity index (χ4v) is 2.22. The monoisotopic (exact) mass is 301 g/mol. The zero-order chi connectivity index (χ0) is 15.7. The summed E-state index contributed by atoms with van der Waals surface area (Å²) in [4.78, 5) is 12.0. The van der Waals surface area contributed by atoms with E-state index in [-0.39, 0.29) is 17.1 Å². The van der Waals surface area contributed by atoms with Crippen LogP contribution in [0.25, 0.3) is 0 Å². The van der Waals surface area contributed by atoms with Crippen LogP contribution in [0, 0.1) is 28.5 Å². The van der Waals surface area contributed by atoms with E-state index >= 15 is 0 Å². The lowest BCUT2D eigenvalue weighted by atomic mass is 10.1. The van der Waals surface area contributed by atoms with Crippen molar-refractivity contribution in [1.82, 2.24) is 5.32 Å². The van der Waals surface area contributed by atoms with Crippen LogP contribution >= 0.6 is 11.8 Å². The third-order valence-corrected chi connectivity index (χ3v) is 3.42. The van der Waals surface area contributed by atoms with Crippen molar-refractivity contribution in [3.05, 3.63) is 58.9 Å². The van der Waals surface area contributed by atoms with E-state index in [1.807, 2.05) is 0 Å². The summed E-state index contributed by atoms with van der Waals surface area (Å²) < 4.78 is 12.8. The molecule has 21 heavy (non-hydrogen) atoms. The van der Waals surface area contributed by atoms with E-state index in [1.165, 1.54) is 24.3 Å². The molecule has 0 unspecified atom stereocenters. The average molecular weight is 301 g/mol. The summed E-state index contributed by atoms with van der Waals surface area (Å²) in [5, 5.41) is 20.9. The molecule has 1 aromatic rings. The number of nitrogens with zero attached hydrogens (tertiary/aromatic N) is 2. The predicted octanol–water partition coefficient (Wildman–Crippen LogP) is 2.78.